The van der Waals surface area contributed by atoms with Gasteiger partial charge in [0.2, 0.25) is 0 Å². The number of piperidine rings is 1. The first-order valence-electron chi connectivity index (χ1n) is 9.05. The van der Waals surface area contributed by atoms with Crippen LogP contribution in [0, 0.1) is 0 Å². The summed E-state index contributed by atoms with van der Waals surface area (Å²) >= 11 is 5.86. The van der Waals surface area contributed by atoms with Crippen molar-refractivity contribution in [2.45, 2.75) is 19.3 Å². The first-order chi connectivity index (χ1) is 13.5. The summed E-state index contributed by atoms with van der Waals surface area (Å²) in [5.41, 5.74) is 0.146. The SMILES string of the molecule is O=C1NC(=O)N(c2ccc(Cl)cc2)C(=O)C1=Cc1ccc(N2CCCCC2)o1. The molecular formula is C20H18ClN3O4. The maximum Gasteiger partial charge on any atom is 0.335 e. The van der Waals surface area contributed by atoms with Gasteiger partial charge in [-0.25, -0.2) is 9.69 Å². The average Bonchev–Trinajstić information content (AvgIpc) is 3.16. The lowest BCUT2D eigenvalue weighted by Gasteiger charge is -2.26. The van der Waals surface area contributed by atoms with E-state index in [1.54, 1.807) is 18.2 Å². The fourth-order valence-electron chi connectivity index (χ4n) is 3.33. The average molecular weight is 400 g/mol. The summed E-state index contributed by atoms with van der Waals surface area (Å²) in [5.74, 6) is -0.381. The van der Waals surface area contributed by atoms with Gasteiger partial charge in [0.1, 0.15) is 11.3 Å². The molecule has 1 aromatic heterocycles. The molecule has 2 aromatic rings. The highest BCUT2D eigenvalue weighted by Gasteiger charge is 2.37. The van der Waals surface area contributed by atoms with Crippen LogP contribution in [0.5, 0.6) is 0 Å². The van der Waals surface area contributed by atoms with Gasteiger partial charge < -0.3 is 9.32 Å². The molecule has 8 heteroatoms. The van der Waals surface area contributed by atoms with Crippen molar-refractivity contribution in [2.75, 3.05) is 22.9 Å². The number of nitrogens with one attached hydrogen (secondary N) is 1. The van der Waals surface area contributed by atoms with Crippen LogP contribution in [0.1, 0.15) is 25.0 Å². The lowest BCUT2D eigenvalue weighted by Crippen LogP contribution is -2.54. The lowest BCUT2D eigenvalue weighted by molar-refractivity contribution is -0.122. The van der Waals surface area contributed by atoms with Crippen molar-refractivity contribution >= 4 is 47.1 Å². The number of halogens is 1. The minimum Gasteiger partial charge on any atom is -0.441 e. The Bertz CT molecular complexity index is 958. The van der Waals surface area contributed by atoms with Crippen LogP contribution in [-0.4, -0.2) is 30.9 Å². The van der Waals surface area contributed by atoms with Crippen LogP contribution in [0.3, 0.4) is 0 Å². The summed E-state index contributed by atoms with van der Waals surface area (Å²) in [7, 11) is 0. The highest BCUT2D eigenvalue weighted by molar-refractivity contribution is 6.39. The maximum atomic E-state index is 12.8. The molecule has 0 radical (unpaired) electrons. The molecule has 1 aromatic carbocycles. The van der Waals surface area contributed by atoms with E-state index >= 15 is 0 Å². The Hall–Kier alpha value is -3.06. The van der Waals surface area contributed by atoms with Gasteiger partial charge in [0, 0.05) is 24.2 Å². The van der Waals surface area contributed by atoms with E-state index in [9.17, 15) is 14.4 Å². The molecular weight excluding hydrogens is 382 g/mol. The molecule has 2 fully saturated rings. The maximum absolute atomic E-state index is 12.8. The second-order valence-electron chi connectivity index (χ2n) is 6.66. The lowest BCUT2D eigenvalue weighted by atomic mass is 10.1. The Balaban J connectivity index is 1.61. The van der Waals surface area contributed by atoms with Crippen molar-refractivity contribution in [3.05, 3.63) is 52.8 Å². The molecule has 4 amide bonds. The third-order valence-electron chi connectivity index (χ3n) is 4.75. The number of amides is 4. The van der Waals surface area contributed by atoms with E-state index in [0.717, 1.165) is 30.8 Å². The van der Waals surface area contributed by atoms with E-state index in [0.29, 0.717) is 22.4 Å². The molecule has 2 aliphatic heterocycles. The number of rotatable bonds is 3. The number of carbonyl (C=O) groups is 3. The van der Waals surface area contributed by atoms with E-state index in [4.69, 9.17) is 16.0 Å². The van der Waals surface area contributed by atoms with Gasteiger partial charge >= 0.3 is 6.03 Å². The highest BCUT2D eigenvalue weighted by atomic mass is 35.5. The Morgan fingerprint density at radius 1 is 0.964 bits per heavy atom. The molecule has 4 rings (SSSR count). The quantitative estimate of drug-likeness (QED) is 0.630. The number of hydrogen-bond donors (Lipinski definition) is 1. The normalized spacial score (nSPS) is 19.3. The zero-order valence-electron chi connectivity index (χ0n) is 15.0. The Morgan fingerprint density at radius 3 is 2.39 bits per heavy atom. The minimum atomic E-state index is -0.803. The highest BCUT2D eigenvalue weighted by Crippen LogP contribution is 2.26. The summed E-state index contributed by atoms with van der Waals surface area (Å²) in [5, 5.41) is 2.66. The molecule has 0 saturated carbocycles. The fraction of sp³-hybridized carbons (Fsp3) is 0.250. The molecule has 0 spiro atoms. The first-order valence-corrected chi connectivity index (χ1v) is 9.42. The summed E-state index contributed by atoms with van der Waals surface area (Å²) < 4.78 is 5.80. The largest absolute Gasteiger partial charge is 0.441 e. The first kappa shape index (κ1) is 18.3. The van der Waals surface area contributed by atoms with Gasteiger partial charge in [0.15, 0.2) is 5.88 Å². The molecule has 3 heterocycles. The predicted octanol–water partition coefficient (Wildman–Crippen LogP) is 3.59. The van der Waals surface area contributed by atoms with E-state index in [-0.39, 0.29) is 5.57 Å². The molecule has 2 aliphatic rings. The molecule has 0 atom stereocenters. The summed E-state index contributed by atoms with van der Waals surface area (Å²) in [6.07, 6.45) is 4.78. The monoisotopic (exact) mass is 399 g/mol. The zero-order chi connectivity index (χ0) is 19.7. The van der Waals surface area contributed by atoms with Gasteiger partial charge in [-0.2, -0.15) is 0 Å². The number of benzene rings is 1. The number of imide groups is 2. The van der Waals surface area contributed by atoms with Crippen LogP contribution in [0.2, 0.25) is 5.02 Å². The second kappa shape index (κ2) is 7.52. The topological polar surface area (TPSA) is 82.9 Å². The summed E-state index contributed by atoms with van der Waals surface area (Å²) in [6.45, 7) is 1.84. The van der Waals surface area contributed by atoms with Crippen LogP contribution in [-0.2, 0) is 9.59 Å². The summed E-state index contributed by atoms with van der Waals surface area (Å²) in [4.78, 5) is 40.3. The van der Waals surface area contributed by atoms with Crippen LogP contribution in [0.15, 0.2) is 46.4 Å². The van der Waals surface area contributed by atoms with Gasteiger partial charge in [0.05, 0.1) is 5.69 Å². The van der Waals surface area contributed by atoms with E-state index in [1.807, 2.05) is 6.07 Å². The standard InChI is InChI=1S/C20H18ClN3O4/c21-13-4-6-14(7-5-13)24-19(26)16(18(25)22-20(24)27)12-15-8-9-17(28-15)23-10-2-1-3-11-23/h4-9,12H,1-3,10-11H2,(H,22,25,27). The number of urea groups is 1. The van der Waals surface area contributed by atoms with Crippen LogP contribution in [0.4, 0.5) is 16.4 Å². The van der Waals surface area contributed by atoms with Crippen molar-refractivity contribution in [1.29, 1.82) is 0 Å². The number of anilines is 2. The molecule has 1 N–H and O–H groups in total. The number of nitrogens with zero attached hydrogens (tertiary/aromatic N) is 2. The molecule has 0 bridgehead atoms. The Labute approximate surface area is 166 Å². The predicted molar refractivity (Wildman–Crippen MR) is 105 cm³/mol. The van der Waals surface area contributed by atoms with Crippen LogP contribution >= 0.6 is 11.6 Å². The number of hydrogen-bond acceptors (Lipinski definition) is 5. The Morgan fingerprint density at radius 2 is 1.68 bits per heavy atom. The molecule has 2 saturated heterocycles. The summed E-state index contributed by atoms with van der Waals surface area (Å²) in [6, 6.07) is 8.93. The van der Waals surface area contributed by atoms with Crippen molar-refractivity contribution in [2.24, 2.45) is 0 Å². The molecule has 0 unspecified atom stereocenters. The van der Waals surface area contributed by atoms with E-state index in [2.05, 4.69) is 10.2 Å². The molecule has 28 heavy (non-hydrogen) atoms. The molecule has 7 nitrogen and oxygen atoms in total. The van der Waals surface area contributed by atoms with Gasteiger partial charge in [-0.15, -0.1) is 0 Å². The number of barbiturate groups is 1. The second-order valence-corrected chi connectivity index (χ2v) is 7.09. The molecule has 144 valence electrons. The van der Waals surface area contributed by atoms with Gasteiger partial charge in [-0.05, 0) is 55.7 Å². The van der Waals surface area contributed by atoms with Crippen molar-refractivity contribution in [3.8, 4) is 0 Å². The fourth-order valence-corrected chi connectivity index (χ4v) is 3.45. The van der Waals surface area contributed by atoms with Crippen LogP contribution in [0.25, 0.3) is 6.08 Å². The third kappa shape index (κ3) is 3.53. The van der Waals surface area contributed by atoms with Gasteiger partial charge in [-0.1, -0.05) is 11.6 Å². The smallest absolute Gasteiger partial charge is 0.335 e. The molecule has 0 aliphatic carbocycles. The zero-order valence-corrected chi connectivity index (χ0v) is 15.7. The third-order valence-corrected chi connectivity index (χ3v) is 5.01. The van der Waals surface area contributed by atoms with E-state index in [1.165, 1.54) is 24.6 Å². The minimum absolute atomic E-state index is 0.172. The van der Waals surface area contributed by atoms with Crippen molar-refractivity contribution in [3.63, 3.8) is 0 Å². The number of furan rings is 1. The van der Waals surface area contributed by atoms with Crippen molar-refractivity contribution < 1.29 is 18.8 Å². The van der Waals surface area contributed by atoms with E-state index < -0.39 is 17.8 Å². The Kier molecular flexibility index (Phi) is 4.92. The van der Waals surface area contributed by atoms with Gasteiger partial charge in [0.25, 0.3) is 11.8 Å². The van der Waals surface area contributed by atoms with Gasteiger partial charge in [-0.3, -0.25) is 14.9 Å². The number of carbonyl (C=O) groups excluding carboxylic acids is 3. The van der Waals surface area contributed by atoms with Crippen molar-refractivity contribution in [1.82, 2.24) is 5.32 Å². The van der Waals surface area contributed by atoms with Crippen LogP contribution < -0.4 is 15.1 Å².